The fourth-order valence-electron chi connectivity index (χ4n) is 1.39. The highest BCUT2D eigenvalue weighted by atomic mass is 35.5. The molecule has 0 atom stereocenters. The number of pyridine rings is 1. The molecule has 9 heteroatoms. The number of hydrogen-bond donors (Lipinski definition) is 1. The van der Waals surface area contributed by atoms with Gasteiger partial charge in [0.2, 0.25) is 0 Å². The normalized spacial score (nSPS) is 11.4. The van der Waals surface area contributed by atoms with Gasteiger partial charge in [-0.25, -0.2) is 12.8 Å². The van der Waals surface area contributed by atoms with Crippen molar-refractivity contribution in [1.82, 2.24) is 4.98 Å². The second-order valence-electron chi connectivity index (χ2n) is 3.67. The van der Waals surface area contributed by atoms with Crippen LogP contribution in [0.2, 0.25) is 15.1 Å². The lowest BCUT2D eigenvalue weighted by atomic mass is 10.3. The van der Waals surface area contributed by atoms with Crippen LogP contribution in [0.1, 0.15) is 0 Å². The Morgan fingerprint density at radius 3 is 2.25 bits per heavy atom. The van der Waals surface area contributed by atoms with E-state index in [9.17, 15) is 12.8 Å². The van der Waals surface area contributed by atoms with E-state index in [2.05, 4.69) is 9.71 Å². The summed E-state index contributed by atoms with van der Waals surface area (Å²) in [7, 11) is -3.97. The van der Waals surface area contributed by atoms with Gasteiger partial charge in [0.1, 0.15) is 4.90 Å². The first-order valence-electron chi connectivity index (χ1n) is 5.08. The van der Waals surface area contributed by atoms with Crippen molar-refractivity contribution in [3.8, 4) is 0 Å². The molecule has 0 aliphatic heterocycles. The Balaban J connectivity index is 2.42. The van der Waals surface area contributed by atoms with Crippen molar-refractivity contribution in [2.75, 3.05) is 4.72 Å². The van der Waals surface area contributed by atoms with Gasteiger partial charge in [0, 0.05) is 12.4 Å². The Labute approximate surface area is 129 Å². The number of aromatic nitrogens is 1. The van der Waals surface area contributed by atoms with Gasteiger partial charge in [-0.15, -0.1) is 0 Å². The smallest absolute Gasteiger partial charge is 0.264 e. The maximum Gasteiger partial charge on any atom is 0.264 e. The molecule has 0 aliphatic rings. The molecule has 1 N–H and O–H groups in total. The molecule has 1 aromatic heterocycles. The van der Waals surface area contributed by atoms with E-state index in [1.54, 1.807) is 0 Å². The number of nitrogens with zero attached hydrogens (tertiary/aromatic N) is 1. The first kappa shape index (κ1) is 15.3. The molecule has 20 heavy (non-hydrogen) atoms. The van der Waals surface area contributed by atoms with E-state index >= 15 is 0 Å². The Kier molecular flexibility index (Phi) is 4.39. The molecule has 1 aromatic carbocycles. The summed E-state index contributed by atoms with van der Waals surface area (Å²) in [6, 6.07) is 3.54. The molecule has 2 rings (SSSR count). The average Bonchev–Trinajstić information content (AvgIpc) is 2.35. The van der Waals surface area contributed by atoms with Crippen LogP contribution in [0.15, 0.2) is 35.5 Å². The van der Waals surface area contributed by atoms with Crippen LogP contribution in [0, 0.1) is 5.82 Å². The predicted molar refractivity (Wildman–Crippen MR) is 76.5 cm³/mol. The van der Waals surface area contributed by atoms with Gasteiger partial charge in [0.15, 0.2) is 5.82 Å². The van der Waals surface area contributed by atoms with E-state index in [1.807, 2.05) is 0 Å². The number of anilines is 1. The first-order chi connectivity index (χ1) is 9.31. The van der Waals surface area contributed by atoms with Crippen molar-refractivity contribution in [2.45, 2.75) is 4.90 Å². The van der Waals surface area contributed by atoms with Gasteiger partial charge in [-0.2, -0.15) is 0 Å². The molecule has 0 saturated heterocycles. The minimum atomic E-state index is -3.97. The summed E-state index contributed by atoms with van der Waals surface area (Å²) >= 11 is 17.0. The lowest BCUT2D eigenvalue weighted by Gasteiger charge is -2.10. The third-order valence-electron chi connectivity index (χ3n) is 2.26. The van der Waals surface area contributed by atoms with E-state index in [0.717, 1.165) is 18.3 Å². The summed E-state index contributed by atoms with van der Waals surface area (Å²) in [5, 5.41) is -0.591. The fraction of sp³-hybridized carbons (Fsp3) is 0. The Morgan fingerprint density at radius 1 is 1.10 bits per heavy atom. The van der Waals surface area contributed by atoms with Crippen molar-refractivity contribution in [1.29, 1.82) is 0 Å². The molecular weight excluding hydrogens is 350 g/mol. The van der Waals surface area contributed by atoms with Crippen molar-refractivity contribution in [3.05, 3.63) is 51.5 Å². The maximum absolute atomic E-state index is 13.3. The van der Waals surface area contributed by atoms with E-state index in [-0.39, 0.29) is 25.7 Å². The molecule has 2 aromatic rings. The van der Waals surface area contributed by atoms with Gasteiger partial charge in [-0.05, 0) is 18.2 Å². The summed E-state index contributed by atoms with van der Waals surface area (Å²) in [6.45, 7) is 0. The van der Waals surface area contributed by atoms with E-state index in [1.165, 1.54) is 12.3 Å². The molecule has 0 unspecified atom stereocenters. The standard InChI is InChI=1S/C11H6Cl3FN2O2S/c12-7-1-2-16-5-10(7)20(18,19)17-6-3-8(13)11(15)9(14)4-6/h1-5,17H. The lowest BCUT2D eigenvalue weighted by Crippen LogP contribution is -2.13. The monoisotopic (exact) mass is 354 g/mol. The van der Waals surface area contributed by atoms with Crippen molar-refractivity contribution in [2.24, 2.45) is 0 Å². The predicted octanol–water partition coefficient (Wildman–Crippen LogP) is 3.98. The average molecular weight is 356 g/mol. The van der Waals surface area contributed by atoms with Crippen molar-refractivity contribution < 1.29 is 12.8 Å². The second kappa shape index (κ2) is 5.73. The molecule has 0 aliphatic carbocycles. The topological polar surface area (TPSA) is 59.1 Å². The zero-order valence-corrected chi connectivity index (χ0v) is 12.7. The molecule has 0 amide bonds. The van der Waals surface area contributed by atoms with Gasteiger partial charge in [0.25, 0.3) is 10.0 Å². The Morgan fingerprint density at radius 2 is 1.70 bits per heavy atom. The van der Waals surface area contributed by atoms with Crippen LogP contribution in [0.5, 0.6) is 0 Å². The molecule has 0 saturated carbocycles. The van der Waals surface area contributed by atoms with Gasteiger partial charge >= 0.3 is 0 Å². The molecule has 0 spiro atoms. The van der Waals surface area contributed by atoms with Crippen LogP contribution in [0.25, 0.3) is 0 Å². The summed E-state index contributed by atoms with van der Waals surface area (Å²) in [6.07, 6.45) is 2.45. The van der Waals surface area contributed by atoms with Crippen LogP contribution in [-0.4, -0.2) is 13.4 Å². The maximum atomic E-state index is 13.3. The number of rotatable bonds is 3. The largest absolute Gasteiger partial charge is 0.279 e. The van der Waals surface area contributed by atoms with Crippen LogP contribution in [0.3, 0.4) is 0 Å². The quantitative estimate of drug-likeness (QED) is 0.847. The molecule has 0 fully saturated rings. The Hall–Kier alpha value is -1.08. The van der Waals surface area contributed by atoms with Crippen LogP contribution in [0.4, 0.5) is 10.1 Å². The van der Waals surface area contributed by atoms with Crippen LogP contribution in [-0.2, 0) is 10.0 Å². The third-order valence-corrected chi connectivity index (χ3v) is 4.66. The zero-order valence-electron chi connectivity index (χ0n) is 9.57. The van der Waals surface area contributed by atoms with Crippen LogP contribution >= 0.6 is 34.8 Å². The zero-order chi connectivity index (χ0) is 14.9. The lowest BCUT2D eigenvalue weighted by molar-refractivity contribution is 0.600. The number of nitrogens with one attached hydrogen (secondary N) is 1. The third kappa shape index (κ3) is 3.15. The number of benzene rings is 1. The summed E-state index contributed by atoms with van der Waals surface area (Å²) in [4.78, 5) is 3.48. The molecule has 1 heterocycles. The summed E-state index contributed by atoms with van der Waals surface area (Å²) in [5.74, 6) is -0.823. The second-order valence-corrected chi connectivity index (χ2v) is 6.54. The van der Waals surface area contributed by atoms with Crippen molar-refractivity contribution >= 4 is 50.5 Å². The van der Waals surface area contributed by atoms with Gasteiger partial charge in [-0.1, -0.05) is 34.8 Å². The van der Waals surface area contributed by atoms with E-state index in [4.69, 9.17) is 34.8 Å². The summed E-state index contributed by atoms with van der Waals surface area (Å²) < 4.78 is 39.7. The van der Waals surface area contributed by atoms with Crippen molar-refractivity contribution in [3.63, 3.8) is 0 Å². The minimum Gasteiger partial charge on any atom is -0.279 e. The highest BCUT2D eigenvalue weighted by molar-refractivity contribution is 7.92. The highest BCUT2D eigenvalue weighted by Gasteiger charge is 2.19. The number of halogens is 4. The molecule has 0 radical (unpaired) electrons. The Bertz CT molecular complexity index is 745. The highest BCUT2D eigenvalue weighted by Crippen LogP contribution is 2.29. The molecule has 106 valence electrons. The van der Waals surface area contributed by atoms with E-state index in [0.29, 0.717) is 0 Å². The number of hydrogen-bond acceptors (Lipinski definition) is 3. The number of sulfonamides is 1. The van der Waals surface area contributed by atoms with Gasteiger partial charge < -0.3 is 0 Å². The summed E-state index contributed by atoms with van der Waals surface area (Å²) in [5.41, 5.74) is 0.0151. The molecule has 0 bridgehead atoms. The SMILES string of the molecule is O=S(=O)(Nc1cc(Cl)c(F)c(Cl)c1)c1cnccc1Cl. The first-order valence-corrected chi connectivity index (χ1v) is 7.70. The molecule has 4 nitrogen and oxygen atoms in total. The van der Waals surface area contributed by atoms with E-state index < -0.39 is 15.8 Å². The van der Waals surface area contributed by atoms with Crippen LogP contribution < -0.4 is 4.72 Å². The van der Waals surface area contributed by atoms with Gasteiger partial charge in [-0.3, -0.25) is 9.71 Å². The molecular formula is C11H6Cl3FN2O2S. The minimum absolute atomic E-state index is 0.00630. The fourth-order valence-corrected chi connectivity index (χ4v) is 3.34. The van der Waals surface area contributed by atoms with Gasteiger partial charge in [0.05, 0.1) is 20.8 Å².